The van der Waals surface area contributed by atoms with Crippen molar-refractivity contribution in [2.45, 2.75) is 45.1 Å². The smallest absolute Gasteiger partial charge is 0.307 e. The van der Waals surface area contributed by atoms with E-state index < -0.39 is 11.9 Å². The van der Waals surface area contributed by atoms with Gasteiger partial charge in [-0.3, -0.25) is 9.59 Å². The summed E-state index contributed by atoms with van der Waals surface area (Å²) < 4.78 is 0. The molecule has 2 saturated carbocycles. The second-order valence-corrected chi connectivity index (χ2v) is 5.16. The first-order valence-electron chi connectivity index (χ1n) is 6.12. The summed E-state index contributed by atoms with van der Waals surface area (Å²) in [7, 11) is 0. The van der Waals surface area contributed by atoms with E-state index in [2.05, 4.69) is 12.2 Å². The highest BCUT2D eigenvalue weighted by Crippen LogP contribution is 2.33. The molecule has 2 fully saturated rings. The highest BCUT2D eigenvalue weighted by molar-refractivity contribution is 5.85. The predicted octanol–water partition coefficient (Wildman–Crippen LogP) is 1.40. The van der Waals surface area contributed by atoms with Crippen molar-refractivity contribution in [3.63, 3.8) is 0 Å². The molecule has 2 rings (SSSR count). The maximum absolute atomic E-state index is 11.9. The maximum Gasteiger partial charge on any atom is 0.307 e. The van der Waals surface area contributed by atoms with Crippen LogP contribution in [0.25, 0.3) is 0 Å². The number of carboxylic acid groups (broad SMARTS) is 1. The molecule has 0 aromatic rings. The summed E-state index contributed by atoms with van der Waals surface area (Å²) in [5.74, 6) is -1.07. The van der Waals surface area contributed by atoms with Crippen molar-refractivity contribution in [1.82, 2.24) is 5.32 Å². The van der Waals surface area contributed by atoms with Crippen LogP contribution in [0.1, 0.15) is 39.0 Å². The van der Waals surface area contributed by atoms with Gasteiger partial charge in [0.2, 0.25) is 5.91 Å². The lowest BCUT2D eigenvalue weighted by molar-refractivity contribution is -0.149. The van der Waals surface area contributed by atoms with Crippen LogP contribution in [-0.2, 0) is 9.59 Å². The Hall–Kier alpha value is -1.06. The van der Waals surface area contributed by atoms with Gasteiger partial charge in [0.1, 0.15) is 0 Å². The summed E-state index contributed by atoms with van der Waals surface area (Å²) in [5.41, 5.74) is 0. The van der Waals surface area contributed by atoms with Crippen LogP contribution in [0.15, 0.2) is 0 Å². The van der Waals surface area contributed by atoms with E-state index >= 15 is 0 Å². The van der Waals surface area contributed by atoms with Crippen LogP contribution < -0.4 is 5.32 Å². The molecule has 2 aliphatic carbocycles. The van der Waals surface area contributed by atoms with E-state index in [9.17, 15) is 9.59 Å². The molecule has 2 unspecified atom stereocenters. The first kappa shape index (κ1) is 11.4. The highest BCUT2D eigenvalue weighted by Gasteiger charge is 2.40. The van der Waals surface area contributed by atoms with Crippen LogP contribution in [0.5, 0.6) is 0 Å². The van der Waals surface area contributed by atoms with Gasteiger partial charge in [-0.1, -0.05) is 19.8 Å². The fourth-order valence-corrected chi connectivity index (χ4v) is 2.55. The molecule has 0 aromatic heterocycles. The third kappa shape index (κ3) is 2.36. The first-order valence-corrected chi connectivity index (χ1v) is 6.12. The molecule has 0 bridgehead atoms. The van der Waals surface area contributed by atoms with E-state index in [0.29, 0.717) is 18.4 Å². The van der Waals surface area contributed by atoms with Crippen molar-refractivity contribution < 1.29 is 14.7 Å². The van der Waals surface area contributed by atoms with Crippen molar-refractivity contribution in [2.24, 2.45) is 17.8 Å². The lowest BCUT2D eigenvalue weighted by Crippen LogP contribution is -2.40. The van der Waals surface area contributed by atoms with Crippen molar-refractivity contribution in [2.75, 3.05) is 0 Å². The first-order chi connectivity index (χ1) is 7.59. The summed E-state index contributed by atoms with van der Waals surface area (Å²) in [6.45, 7) is 2.10. The van der Waals surface area contributed by atoms with Gasteiger partial charge in [0.15, 0.2) is 0 Å². The largest absolute Gasteiger partial charge is 0.481 e. The average molecular weight is 225 g/mol. The molecule has 0 spiro atoms. The third-order valence-electron chi connectivity index (χ3n) is 3.86. The van der Waals surface area contributed by atoms with Gasteiger partial charge in [-0.25, -0.2) is 0 Å². The van der Waals surface area contributed by atoms with E-state index in [1.807, 2.05) is 0 Å². The molecule has 4 heteroatoms. The molecule has 0 heterocycles. The molecule has 1 amide bonds. The molecule has 0 saturated heterocycles. The van der Waals surface area contributed by atoms with Crippen LogP contribution in [0.3, 0.4) is 0 Å². The molecule has 2 aliphatic rings. The summed E-state index contributed by atoms with van der Waals surface area (Å²) in [6, 6.07) is 0.295. The number of hydrogen-bond acceptors (Lipinski definition) is 2. The Morgan fingerprint density at radius 1 is 1.19 bits per heavy atom. The Kier molecular flexibility index (Phi) is 3.17. The molecular formula is C12H19NO3. The van der Waals surface area contributed by atoms with E-state index in [4.69, 9.17) is 5.11 Å². The van der Waals surface area contributed by atoms with Crippen LogP contribution in [-0.4, -0.2) is 23.0 Å². The predicted molar refractivity (Wildman–Crippen MR) is 58.8 cm³/mol. The van der Waals surface area contributed by atoms with Crippen molar-refractivity contribution in [3.8, 4) is 0 Å². The summed E-state index contributed by atoms with van der Waals surface area (Å²) in [5, 5.41) is 12.0. The number of nitrogens with one attached hydrogen (secondary N) is 1. The van der Waals surface area contributed by atoms with Gasteiger partial charge in [0.05, 0.1) is 11.8 Å². The lowest BCUT2D eigenvalue weighted by atomic mass is 9.78. The second kappa shape index (κ2) is 4.44. The van der Waals surface area contributed by atoms with Crippen molar-refractivity contribution in [1.29, 1.82) is 0 Å². The van der Waals surface area contributed by atoms with Gasteiger partial charge < -0.3 is 10.4 Å². The van der Waals surface area contributed by atoms with Gasteiger partial charge in [-0.2, -0.15) is 0 Å². The van der Waals surface area contributed by atoms with Crippen molar-refractivity contribution in [3.05, 3.63) is 0 Å². The molecule has 0 aliphatic heterocycles. The average Bonchev–Trinajstić information content (AvgIpc) is 2.94. The normalized spacial score (nSPS) is 37.8. The number of carboxylic acids is 1. The minimum absolute atomic E-state index is 0.0403. The minimum atomic E-state index is -0.816. The number of amides is 1. The van der Waals surface area contributed by atoms with E-state index in [-0.39, 0.29) is 11.8 Å². The summed E-state index contributed by atoms with van der Waals surface area (Å²) in [6.07, 6.45) is 4.32. The van der Waals surface area contributed by atoms with Gasteiger partial charge in [-0.05, 0) is 25.2 Å². The SMILES string of the molecule is CC1CC1NC(=O)[C@@H]1CCCC[C@@H]1C(=O)O. The Labute approximate surface area is 95.4 Å². The third-order valence-corrected chi connectivity index (χ3v) is 3.86. The second-order valence-electron chi connectivity index (χ2n) is 5.16. The molecule has 0 aromatic carbocycles. The molecule has 16 heavy (non-hydrogen) atoms. The lowest BCUT2D eigenvalue weighted by Gasteiger charge is -2.27. The Balaban J connectivity index is 1.94. The summed E-state index contributed by atoms with van der Waals surface area (Å²) >= 11 is 0. The fourth-order valence-electron chi connectivity index (χ4n) is 2.55. The maximum atomic E-state index is 11.9. The Bertz CT molecular complexity index is 303. The number of carbonyl (C=O) groups excluding carboxylic acids is 1. The minimum Gasteiger partial charge on any atom is -0.481 e. The molecule has 2 N–H and O–H groups in total. The van der Waals surface area contributed by atoms with E-state index in [1.54, 1.807) is 0 Å². The topological polar surface area (TPSA) is 66.4 Å². The highest BCUT2D eigenvalue weighted by atomic mass is 16.4. The van der Waals surface area contributed by atoms with Crippen LogP contribution in [0, 0.1) is 17.8 Å². The van der Waals surface area contributed by atoms with Crippen LogP contribution in [0.2, 0.25) is 0 Å². The quantitative estimate of drug-likeness (QED) is 0.763. The van der Waals surface area contributed by atoms with Gasteiger partial charge in [-0.15, -0.1) is 0 Å². The molecule has 90 valence electrons. The van der Waals surface area contributed by atoms with Crippen LogP contribution >= 0.6 is 0 Å². The molecule has 4 atom stereocenters. The van der Waals surface area contributed by atoms with E-state index in [0.717, 1.165) is 25.7 Å². The molecule has 4 nitrogen and oxygen atoms in total. The number of carbonyl (C=O) groups is 2. The van der Waals surface area contributed by atoms with Gasteiger partial charge in [0.25, 0.3) is 0 Å². The zero-order valence-electron chi connectivity index (χ0n) is 9.61. The Morgan fingerprint density at radius 3 is 2.25 bits per heavy atom. The number of aliphatic carboxylic acids is 1. The number of rotatable bonds is 3. The summed E-state index contributed by atoms with van der Waals surface area (Å²) in [4.78, 5) is 23.0. The number of hydrogen-bond donors (Lipinski definition) is 2. The zero-order chi connectivity index (χ0) is 11.7. The monoisotopic (exact) mass is 225 g/mol. The van der Waals surface area contributed by atoms with E-state index in [1.165, 1.54) is 0 Å². The Morgan fingerprint density at radius 2 is 1.75 bits per heavy atom. The standard InChI is InChI=1S/C12H19NO3/c1-7-6-10(7)13-11(14)8-4-2-3-5-9(8)12(15)16/h7-10H,2-6H2,1H3,(H,13,14)(H,15,16)/t7?,8-,9+,10?/m1/s1. The molecule has 0 radical (unpaired) electrons. The van der Waals surface area contributed by atoms with Gasteiger partial charge >= 0.3 is 5.97 Å². The fraction of sp³-hybridized carbons (Fsp3) is 0.833. The van der Waals surface area contributed by atoms with Gasteiger partial charge in [0, 0.05) is 6.04 Å². The van der Waals surface area contributed by atoms with Crippen molar-refractivity contribution >= 4 is 11.9 Å². The molecular weight excluding hydrogens is 206 g/mol. The van der Waals surface area contributed by atoms with Crippen LogP contribution in [0.4, 0.5) is 0 Å². The zero-order valence-corrected chi connectivity index (χ0v) is 9.61.